The molecule has 2 saturated heterocycles. The predicted octanol–water partition coefficient (Wildman–Crippen LogP) is 12.6. The Labute approximate surface area is 487 Å². The number of carbonyl (C=O) groups is 1. The van der Waals surface area contributed by atoms with Gasteiger partial charge in [0.05, 0.1) is 32.0 Å². The minimum atomic E-state index is -1.79. The maximum Gasteiger partial charge on any atom is 0.220 e. The third-order valence-electron chi connectivity index (χ3n) is 16.3. The Hall–Kier alpha value is -1.79. The van der Waals surface area contributed by atoms with Crippen LogP contribution in [-0.2, 0) is 23.7 Å². The van der Waals surface area contributed by atoms with Gasteiger partial charge < -0.3 is 65.1 Å². The van der Waals surface area contributed by atoms with Crippen molar-refractivity contribution in [2.24, 2.45) is 0 Å². The van der Waals surface area contributed by atoms with Crippen molar-refractivity contribution in [1.82, 2.24) is 5.32 Å². The molecule has 12 unspecified atom stereocenters. The highest BCUT2D eigenvalue weighted by atomic mass is 16.7. The van der Waals surface area contributed by atoms with E-state index >= 15 is 0 Å². The number of carbonyl (C=O) groups excluding carboxylic acids is 1. The molecule has 9 N–H and O–H groups in total. The number of allylic oxidation sites excluding steroid dienone is 5. The number of hydrogen-bond donors (Lipinski definition) is 9. The molecular formula is C66H123NO13. The Morgan fingerprint density at radius 2 is 0.800 bits per heavy atom. The van der Waals surface area contributed by atoms with Crippen molar-refractivity contribution in [3.8, 4) is 0 Å². The molecule has 0 aliphatic carbocycles. The maximum absolute atomic E-state index is 13.2. The van der Waals surface area contributed by atoms with Crippen LogP contribution >= 0.6 is 0 Å². The zero-order valence-electron chi connectivity index (χ0n) is 50.8. The molecule has 0 spiro atoms. The van der Waals surface area contributed by atoms with Crippen molar-refractivity contribution in [2.75, 3.05) is 19.8 Å². The second-order valence-electron chi connectivity index (χ2n) is 23.6. The van der Waals surface area contributed by atoms with E-state index in [0.29, 0.717) is 12.8 Å². The number of amides is 1. The molecule has 0 bridgehead atoms. The molecule has 2 heterocycles. The smallest absolute Gasteiger partial charge is 0.220 e. The van der Waals surface area contributed by atoms with Gasteiger partial charge in [0, 0.05) is 6.42 Å². The molecule has 2 aliphatic rings. The summed E-state index contributed by atoms with van der Waals surface area (Å²) in [4.78, 5) is 13.2. The minimum Gasteiger partial charge on any atom is -0.394 e. The van der Waals surface area contributed by atoms with E-state index in [1.807, 2.05) is 6.08 Å². The number of rotatable bonds is 54. The molecule has 12 atom stereocenters. The number of unbranched alkanes of at least 4 members (excludes halogenated alkanes) is 37. The van der Waals surface area contributed by atoms with Crippen LogP contribution in [0.2, 0.25) is 0 Å². The molecule has 2 fully saturated rings. The van der Waals surface area contributed by atoms with Gasteiger partial charge in [0.1, 0.15) is 48.8 Å². The zero-order chi connectivity index (χ0) is 58.1. The first-order valence-electron chi connectivity index (χ1n) is 33.2. The van der Waals surface area contributed by atoms with E-state index in [-0.39, 0.29) is 18.9 Å². The van der Waals surface area contributed by atoms with Crippen molar-refractivity contribution < 1.29 is 64.6 Å². The first-order valence-corrected chi connectivity index (χ1v) is 33.2. The SMILES string of the molecule is CCCCCCC/C=C/CC/C=C/C(O)C(COC1OC(CO)C(OC2OC(CO)C(O)C(O)C2O)C(O)C1O)NC(=O)CCCCCCCCCCCCCCCCCCCCCCCCC/C=C\CCCCCCCCCC. The lowest BCUT2D eigenvalue weighted by Gasteiger charge is -2.46. The van der Waals surface area contributed by atoms with Gasteiger partial charge in [0.15, 0.2) is 12.6 Å². The minimum absolute atomic E-state index is 0.246. The van der Waals surface area contributed by atoms with E-state index in [1.54, 1.807) is 6.08 Å². The largest absolute Gasteiger partial charge is 0.394 e. The van der Waals surface area contributed by atoms with E-state index in [2.05, 4.69) is 43.5 Å². The number of nitrogens with one attached hydrogen (secondary N) is 1. The highest BCUT2D eigenvalue weighted by Gasteiger charge is 2.51. The molecule has 1 amide bonds. The van der Waals surface area contributed by atoms with Crippen molar-refractivity contribution in [3.63, 3.8) is 0 Å². The Morgan fingerprint density at radius 3 is 1.23 bits per heavy atom. The van der Waals surface area contributed by atoms with Gasteiger partial charge in [-0.05, 0) is 57.8 Å². The van der Waals surface area contributed by atoms with Crippen molar-refractivity contribution >= 4 is 5.91 Å². The second-order valence-corrected chi connectivity index (χ2v) is 23.6. The Balaban J connectivity index is 1.57. The summed E-state index contributed by atoms with van der Waals surface area (Å²) in [5.41, 5.74) is 0. The highest BCUT2D eigenvalue weighted by Crippen LogP contribution is 2.30. The van der Waals surface area contributed by atoms with Crippen molar-refractivity contribution in [2.45, 2.75) is 357 Å². The third-order valence-corrected chi connectivity index (χ3v) is 16.3. The first-order chi connectivity index (χ1) is 39.1. The third kappa shape index (κ3) is 36.1. The average Bonchev–Trinajstić information content (AvgIpc) is 3.46. The predicted molar refractivity (Wildman–Crippen MR) is 323 cm³/mol. The Bertz CT molecular complexity index is 1480. The van der Waals surface area contributed by atoms with Gasteiger partial charge in [-0.15, -0.1) is 0 Å². The molecule has 2 rings (SSSR count). The number of aliphatic hydroxyl groups is 8. The molecule has 0 saturated carbocycles. The summed E-state index contributed by atoms with van der Waals surface area (Å²) in [7, 11) is 0. The van der Waals surface area contributed by atoms with Crippen LogP contribution in [0.15, 0.2) is 36.5 Å². The van der Waals surface area contributed by atoms with E-state index in [9.17, 15) is 45.6 Å². The van der Waals surface area contributed by atoms with Gasteiger partial charge in [0.2, 0.25) is 5.91 Å². The summed E-state index contributed by atoms with van der Waals surface area (Å²) in [6, 6.07) is -0.928. The molecule has 0 aromatic carbocycles. The van der Waals surface area contributed by atoms with E-state index in [0.717, 1.165) is 32.1 Å². The molecule has 0 aromatic rings. The summed E-state index contributed by atoms with van der Waals surface area (Å²) in [5.74, 6) is -0.246. The molecule has 0 radical (unpaired) electrons. The Kier molecular flexibility index (Phi) is 47.9. The Morgan fingerprint density at radius 1 is 0.438 bits per heavy atom. The molecule has 80 heavy (non-hydrogen) atoms. The van der Waals surface area contributed by atoms with Crippen LogP contribution in [0.5, 0.6) is 0 Å². The van der Waals surface area contributed by atoms with Gasteiger partial charge >= 0.3 is 0 Å². The van der Waals surface area contributed by atoms with Crippen LogP contribution in [0.4, 0.5) is 0 Å². The summed E-state index contributed by atoms with van der Waals surface area (Å²) < 4.78 is 22.7. The fourth-order valence-corrected chi connectivity index (χ4v) is 11.0. The van der Waals surface area contributed by atoms with E-state index in [4.69, 9.17) is 18.9 Å². The number of aliphatic hydroxyl groups excluding tert-OH is 8. The van der Waals surface area contributed by atoms with Gasteiger partial charge in [-0.3, -0.25) is 4.79 Å². The quantitative estimate of drug-likeness (QED) is 0.0204. The summed E-state index contributed by atoms with van der Waals surface area (Å²) in [5, 5.41) is 87.0. The molecular weight excluding hydrogens is 1010 g/mol. The summed E-state index contributed by atoms with van der Waals surface area (Å²) >= 11 is 0. The van der Waals surface area contributed by atoms with Crippen LogP contribution in [0.3, 0.4) is 0 Å². The van der Waals surface area contributed by atoms with Crippen molar-refractivity contribution in [3.05, 3.63) is 36.5 Å². The van der Waals surface area contributed by atoms with Crippen LogP contribution in [0.1, 0.15) is 284 Å². The number of hydrogen-bond acceptors (Lipinski definition) is 13. The van der Waals surface area contributed by atoms with Crippen LogP contribution in [0, 0.1) is 0 Å². The van der Waals surface area contributed by atoms with E-state index in [1.165, 1.54) is 218 Å². The van der Waals surface area contributed by atoms with Gasteiger partial charge in [-0.1, -0.05) is 256 Å². The standard InChI is InChI=1S/C66H123NO13/c1-3-5-7-9-11-13-15-16-17-18-19-20-21-22-23-24-25-26-27-28-29-30-31-32-33-34-35-36-37-38-40-42-44-46-48-50-58(71)67-54(55(70)49-47-45-43-41-39-14-12-10-8-6-4-2)53-77-65-63(76)61(74)64(57(52-69)79-65)80-66-62(75)60(73)59(72)56(51-68)78-66/h18-19,39,41,47,49,54-57,59-66,68-70,72-76H,3-17,20-38,40,42-46,48,50-53H2,1-2H3,(H,67,71)/b19-18-,41-39+,49-47+. The second kappa shape index (κ2) is 51.6. The lowest BCUT2D eigenvalue weighted by Crippen LogP contribution is -2.65. The van der Waals surface area contributed by atoms with Crippen LogP contribution < -0.4 is 5.32 Å². The van der Waals surface area contributed by atoms with Gasteiger partial charge in [0.25, 0.3) is 0 Å². The highest BCUT2D eigenvalue weighted by molar-refractivity contribution is 5.76. The van der Waals surface area contributed by atoms with Gasteiger partial charge in [-0.25, -0.2) is 0 Å². The molecule has 0 aromatic heterocycles. The molecule has 470 valence electrons. The lowest BCUT2D eigenvalue weighted by molar-refractivity contribution is -0.359. The van der Waals surface area contributed by atoms with Crippen molar-refractivity contribution in [1.29, 1.82) is 0 Å². The number of ether oxygens (including phenoxy) is 4. The summed E-state index contributed by atoms with van der Waals surface area (Å²) in [6.45, 7) is 2.77. The topological polar surface area (TPSA) is 228 Å². The lowest BCUT2D eigenvalue weighted by atomic mass is 9.97. The van der Waals surface area contributed by atoms with E-state index < -0.39 is 86.8 Å². The zero-order valence-corrected chi connectivity index (χ0v) is 50.8. The molecule has 2 aliphatic heterocycles. The molecule has 14 nitrogen and oxygen atoms in total. The fourth-order valence-electron chi connectivity index (χ4n) is 11.0. The summed E-state index contributed by atoms with van der Waals surface area (Å²) in [6.07, 6.45) is 48.1. The first kappa shape index (κ1) is 74.3. The monoisotopic (exact) mass is 1140 g/mol. The molecule has 14 heteroatoms. The van der Waals surface area contributed by atoms with Gasteiger partial charge in [-0.2, -0.15) is 0 Å². The average molecular weight is 1140 g/mol. The van der Waals surface area contributed by atoms with Crippen LogP contribution in [-0.4, -0.2) is 140 Å². The maximum atomic E-state index is 13.2. The normalized spacial score (nSPS) is 24.4. The van der Waals surface area contributed by atoms with Crippen LogP contribution in [0.25, 0.3) is 0 Å². The fraction of sp³-hybridized carbons (Fsp3) is 0.894.